The van der Waals surface area contributed by atoms with Gasteiger partial charge in [0.25, 0.3) is 0 Å². The van der Waals surface area contributed by atoms with Gasteiger partial charge in [0.2, 0.25) is 0 Å². The number of hydrogen-bond acceptors (Lipinski definition) is 4. The fourth-order valence-electron chi connectivity index (χ4n) is 2.17. The molecule has 4 nitrogen and oxygen atoms in total. The van der Waals surface area contributed by atoms with Crippen molar-refractivity contribution in [3.8, 4) is 0 Å². The van der Waals surface area contributed by atoms with E-state index in [1.165, 1.54) is 0 Å². The van der Waals surface area contributed by atoms with Crippen molar-refractivity contribution in [2.45, 2.75) is 12.6 Å². The van der Waals surface area contributed by atoms with Crippen LogP contribution in [0.1, 0.15) is 22.8 Å². The molecule has 0 amide bonds. The number of para-hydroxylation sites is 1. The second kappa shape index (κ2) is 4.40. The quantitative estimate of drug-likeness (QED) is 0.821. The molecule has 0 aromatic heterocycles. The molecule has 0 spiro atoms. The fraction of sp³-hybridized carbons (Fsp3) is 0.133. The van der Waals surface area contributed by atoms with Gasteiger partial charge in [-0.15, -0.1) is 5.48 Å². The van der Waals surface area contributed by atoms with E-state index < -0.39 is 5.66 Å². The summed E-state index contributed by atoms with van der Waals surface area (Å²) < 4.78 is 0. The van der Waals surface area contributed by atoms with E-state index in [0.717, 1.165) is 11.3 Å². The Labute approximate surface area is 111 Å². The van der Waals surface area contributed by atoms with Gasteiger partial charge in [-0.05, 0) is 24.6 Å². The van der Waals surface area contributed by atoms with Crippen LogP contribution in [0, 0.1) is 0 Å². The van der Waals surface area contributed by atoms with E-state index in [4.69, 9.17) is 4.84 Å². The number of fused-ring (bicyclic) bond motifs is 1. The van der Waals surface area contributed by atoms with Gasteiger partial charge in [0.05, 0.1) is 11.3 Å². The van der Waals surface area contributed by atoms with Crippen LogP contribution in [-0.2, 0) is 10.5 Å². The first-order chi connectivity index (χ1) is 9.19. The molecule has 0 saturated carbocycles. The Hall–Kier alpha value is -2.33. The molecule has 19 heavy (non-hydrogen) atoms. The molecule has 96 valence electrons. The first-order valence-electron chi connectivity index (χ1n) is 6.10. The molecule has 1 aliphatic rings. The van der Waals surface area contributed by atoms with Gasteiger partial charge in [0.1, 0.15) is 5.66 Å². The number of benzene rings is 2. The zero-order valence-corrected chi connectivity index (χ0v) is 10.5. The average molecular weight is 254 g/mol. The van der Waals surface area contributed by atoms with Gasteiger partial charge in [0.15, 0.2) is 0 Å². The van der Waals surface area contributed by atoms with Crippen molar-refractivity contribution in [3.63, 3.8) is 0 Å². The van der Waals surface area contributed by atoms with Crippen LogP contribution in [0.25, 0.3) is 0 Å². The summed E-state index contributed by atoms with van der Waals surface area (Å²) in [4.78, 5) is 17.0. The van der Waals surface area contributed by atoms with Crippen LogP contribution in [-0.4, -0.2) is 5.97 Å². The van der Waals surface area contributed by atoms with Gasteiger partial charge in [0, 0.05) is 0 Å². The lowest BCUT2D eigenvalue weighted by molar-refractivity contribution is 0.00492. The number of nitrogens with one attached hydrogen (secondary N) is 2. The maximum Gasteiger partial charge on any atom is 0.359 e. The number of hydroxylamine groups is 1. The summed E-state index contributed by atoms with van der Waals surface area (Å²) in [7, 11) is 0. The largest absolute Gasteiger partial charge is 0.364 e. The van der Waals surface area contributed by atoms with E-state index in [0.29, 0.717) is 5.56 Å². The van der Waals surface area contributed by atoms with E-state index in [9.17, 15) is 4.79 Å². The lowest BCUT2D eigenvalue weighted by Gasteiger charge is -2.30. The SMILES string of the molecule is CC1(c2ccccc2)NOC(=O)c2ccccc2N1. The predicted octanol–water partition coefficient (Wildman–Crippen LogP) is 2.65. The Kier molecular flexibility index (Phi) is 2.72. The summed E-state index contributed by atoms with van der Waals surface area (Å²) in [6.45, 7) is 1.93. The zero-order chi connectivity index (χ0) is 13.3. The first-order valence-corrected chi connectivity index (χ1v) is 6.10. The van der Waals surface area contributed by atoms with Crippen molar-refractivity contribution in [1.82, 2.24) is 5.48 Å². The maximum atomic E-state index is 11.9. The molecule has 1 atom stereocenters. The maximum absolute atomic E-state index is 11.9. The predicted molar refractivity (Wildman–Crippen MR) is 72.4 cm³/mol. The van der Waals surface area contributed by atoms with Crippen LogP contribution in [0.15, 0.2) is 54.6 Å². The monoisotopic (exact) mass is 254 g/mol. The highest BCUT2D eigenvalue weighted by Gasteiger charge is 2.32. The van der Waals surface area contributed by atoms with Crippen molar-refractivity contribution in [3.05, 3.63) is 65.7 Å². The lowest BCUT2D eigenvalue weighted by atomic mass is 10.0. The zero-order valence-electron chi connectivity index (χ0n) is 10.5. The van der Waals surface area contributed by atoms with Gasteiger partial charge >= 0.3 is 5.97 Å². The Morgan fingerprint density at radius 2 is 1.68 bits per heavy atom. The molecule has 3 rings (SSSR count). The van der Waals surface area contributed by atoms with Crippen LogP contribution in [0.5, 0.6) is 0 Å². The molecule has 2 aromatic rings. The van der Waals surface area contributed by atoms with Crippen molar-refractivity contribution < 1.29 is 9.63 Å². The van der Waals surface area contributed by atoms with E-state index in [2.05, 4.69) is 10.8 Å². The highest BCUT2D eigenvalue weighted by molar-refractivity contribution is 5.96. The third kappa shape index (κ3) is 2.06. The van der Waals surface area contributed by atoms with Gasteiger partial charge in [-0.3, -0.25) is 0 Å². The summed E-state index contributed by atoms with van der Waals surface area (Å²) in [5.41, 5.74) is 4.41. The van der Waals surface area contributed by atoms with Crippen LogP contribution >= 0.6 is 0 Å². The molecule has 2 aromatic carbocycles. The molecule has 4 heteroatoms. The Bertz CT molecular complexity index is 613. The van der Waals surface area contributed by atoms with Crippen molar-refractivity contribution in [1.29, 1.82) is 0 Å². The summed E-state index contributed by atoms with van der Waals surface area (Å²) in [6.07, 6.45) is 0. The molecule has 2 N–H and O–H groups in total. The Morgan fingerprint density at radius 1 is 1.00 bits per heavy atom. The van der Waals surface area contributed by atoms with E-state index >= 15 is 0 Å². The van der Waals surface area contributed by atoms with Gasteiger partial charge in [-0.1, -0.05) is 42.5 Å². The third-order valence-electron chi connectivity index (χ3n) is 3.23. The number of rotatable bonds is 1. The number of carbonyl (C=O) groups is 1. The molecule has 0 bridgehead atoms. The molecule has 1 heterocycles. The van der Waals surface area contributed by atoms with E-state index in [1.807, 2.05) is 55.5 Å². The molecule has 0 saturated heterocycles. The lowest BCUT2D eigenvalue weighted by Crippen LogP contribution is -2.45. The minimum atomic E-state index is -0.663. The summed E-state index contributed by atoms with van der Waals surface area (Å²) in [5.74, 6) is -0.386. The summed E-state index contributed by atoms with van der Waals surface area (Å²) in [6, 6.07) is 17.1. The first kappa shape index (κ1) is 11.7. The summed E-state index contributed by atoms with van der Waals surface area (Å²) >= 11 is 0. The minimum Gasteiger partial charge on any atom is -0.364 e. The number of hydrogen-bond donors (Lipinski definition) is 2. The highest BCUT2D eigenvalue weighted by atomic mass is 16.7. The molecule has 1 unspecified atom stereocenters. The molecule has 0 radical (unpaired) electrons. The molecular formula is C15H14N2O2. The minimum absolute atomic E-state index is 0.386. The highest BCUT2D eigenvalue weighted by Crippen LogP contribution is 2.28. The smallest absolute Gasteiger partial charge is 0.359 e. The van der Waals surface area contributed by atoms with Crippen molar-refractivity contribution in [2.75, 3.05) is 5.32 Å². The molecule has 0 aliphatic carbocycles. The van der Waals surface area contributed by atoms with Crippen LogP contribution in [0.2, 0.25) is 0 Å². The normalized spacial score (nSPS) is 21.8. The second-order valence-electron chi connectivity index (χ2n) is 4.65. The van der Waals surface area contributed by atoms with Gasteiger partial charge in [-0.25, -0.2) is 4.79 Å². The van der Waals surface area contributed by atoms with Crippen molar-refractivity contribution >= 4 is 11.7 Å². The topological polar surface area (TPSA) is 50.4 Å². The van der Waals surface area contributed by atoms with Crippen LogP contribution in [0.4, 0.5) is 5.69 Å². The Balaban J connectivity index is 2.06. The van der Waals surface area contributed by atoms with Crippen molar-refractivity contribution in [2.24, 2.45) is 0 Å². The summed E-state index contributed by atoms with van der Waals surface area (Å²) in [5, 5.41) is 3.33. The molecular weight excluding hydrogens is 240 g/mol. The number of carbonyl (C=O) groups excluding carboxylic acids is 1. The van der Waals surface area contributed by atoms with Crippen LogP contribution in [0.3, 0.4) is 0 Å². The van der Waals surface area contributed by atoms with E-state index in [1.54, 1.807) is 6.07 Å². The number of anilines is 1. The van der Waals surface area contributed by atoms with E-state index in [-0.39, 0.29) is 5.97 Å². The van der Waals surface area contributed by atoms with Gasteiger partial charge in [-0.2, -0.15) is 0 Å². The fourth-order valence-corrected chi connectivity index (χ4v) is 2.17. The Morgan fingerprint density at radius 3 is 2.47 bits per heavy atom. The molecule has 1 aliphatic heterocycles. The van der Waals surface area contributed by atoms with Crippen LogP contribution < -0.4 is 10.8 Å². The standard InChI is InChI=1S/C15H14N2O2/c1-15(11-7-3-2-4-8-11)16-13-10-6-5-9-12(13)14(18)19-17-15/h2-10,16-17H,1H3. The molecule has 0 fully saturated rings. The average Bonchev–Trinajstić information content (AvgIpc) is 2.59. The second-order valence-corrected chi connectivity index (χ2v) is 4.65. The third-order valence-corrected chi connectivity index (χ3v) is 3.23. The van der Waals surface area contributed by atoms with Gasteiger partial charge < -0.3 is 10.2 Å².